The Hall–Kier alpha value is -3.58. The lowest BCUT2D eigenvalue weighted by Gasteiger charge is -2.19. The Morgan fingerprint density at radius 1 is 1.18 bits per heavy atom. The van der Waals surface area contributed by atoms with Crippen molar-refractivity contribution in [3.05, 3.63) is 69.5 Å². The summed E-state index contributed by atoms with van der Waals surface area (Å²) in [7, 11) is 1.57. The van der Waals surface area contributed by atoms with Gasteiger partial charge in [0, 0.05) is 29.9 Å². The van der Waals surface area contributed by atoms with Gasteiger partial charge in [0.15, 0.2) is 11.0 Å². The molecule has 0 aliphatic carbocycles. The monoisotopic (exact) mass is 558 g/mol. The van der Waals surface area contributed by atoms with E-state index in [9.17, 15) is 19.7 Å². The first-order valence-corrected chi connectivity index (χ1v) is 14.2. The van der Waals surface area contributed by atoms with Gasteiger partial charge in [0.25, 0.3) is 11.6 Å². The summed E-state index contributed by atoms with van der Waals surface area (Å²) in [6, 6.07) is 10.8. The molecule has 3 rings (SSSR count). The molecule has 1 atom stereocenters. The first kappa shape index (κ1) is 29.0. The van der Waals surface area contributed by atoms with Crippen LogP contribution in [-0.4, -0.2) is 56.4 Å². The molecular formula is C25H30N6O5S2. The van der Waals surface area contributed by atoms with Gasteiger partial charge in [-0.05, 0) is 68.2 Å². The van der Waals surface area contributed by atoms with E-state index in [1.807, 2.05) is 17.7 Å². The van der Waals surface area contributed by atoms with Crippen molar-refractivity contribution in [1.29, 1.82) is 0 Å². The third-order valence-corrected chi connectivity index (χ3v) is 7.28. The van der Waals surface area contributed by atoms with E-state index in [1.165, 1.54) is 30.0 Å². The Morgan fingerprint density at radius 3 is 2.53 bits per heavy atom. The number of nitro benzene ring substituents is 1. The zero-order valence-corrected chi connectivity index (χ0v) is 23.2. The van der Waals surface area contributed by atoms with Gasteiger partial charge in [0.1, 0.15) is 5.75 Å². The van der Waals surface area contributed by atoms with E-state index in [-0.39, 0.29) is 29.3 Å². The molecule has 0 aliphatic rings. The van der Waals surface area contributed by atoms with Crippen molar-refractivity contribution in [2.45, 2.75) is 38.0 Å². The second-order valence-corrected chi connectivity index (χ2v) is 10.1. The largest absolute Gasteiger partial charge is 0.497 e. The van der Waals surface area contributed by atoms with Gasteiger partial charge in [-0.25, -0.2) is 0 Å². The summed E-state index contributed by atoms with van der Waals surface area (Å²) in [5.74, 6) is 1.67. The minimum atomic E-state index is -0.477. The highest BCUT2D eigenvalue weighted by Crippen LogP contribution is 2.25. The van der Waals surface area contributed by atoms with E-state index < -0.39 is 4.92 Å². The molecule has 202 valence electrons. The summed E-state index contributed by atoms with van der Waals surface area (Å²) in [5, 5.41) is 26.0. The van der Waals surface area contributed by atoms with Crippen LogP contribution in [0.4, 0.5) is 11.4 Å². The number of carbonyl (C=O) groups is 2. The number of thioether (sulfide) groups is 2. The molecule has 0 saturated carbocycles. The van der Waals surface area contributed by atoms with E-state index in [0.717, 1.165) is 5.75 Å². The zero-order valence-electron chi connectivity index (χ0n) is 21.6. The normalized spacial score (nSPS) is 11.6. The molecule has 38 heavy (non-hydrogen) atoms. The van der Waals surface area contributed by atoms with Gasteiger partial charge < -0.3 is 19.9 Å². The minimum Gasteiger partial charge on any atom is -0.497 e. The number of nitrogens with zero attached hydrogens (tertiary/aromatic N) is 4. The average molecular weight is 559 g/mol. The molecule has 11 nitrogen and oxygen atoms in total. The lowest BCUT2D eigenvalue weighted by Crippen LogP contribution is -2.31. The van der Waals surface area contributed by atoms with Crippen molar-refractivity contribution >= 4 is 46.7 Å². The summed E-state index contributed by atoms with van der Waals surface area (Å²) in [6.45, 7) is 4.21. The van der Waals surface area contributed by atoms with Gasteiger partial charge in [-0.3, -0.25) is 19.7 Å². The molecule has 0 unspecified atom stereocenters. The fraction of sp³-hybridized carbons (Fsp3) is 0.360. The van der Waals surface area contributed by atoms with Gasteiger partial charge in [-0.15, -0.1) is 10.2 Å². The van der Waals surface area contributed by atoms with Crippen molar-refractivity contribution in [3.8, 4) is 5.75 Å². The molecule has 2 amide bonds. The highest BCUT2D eigenvalue weighted by Gasteiger charge is 2.24. The number of nitro groups is 1. The number of rotatable bonds is 13. The van der Waals surface area contributed by atoms with E-state index in [1.54, 1.807) is 50.1 Å². The molecule has 0 aliphatic heterocycles. The fourth-order valence-corrected chi connectivity index (χ4v) is 4.95. The molecule has 3 aromatic rings. The highest BCUT2D eigenvalue weighted by molar-refractivity contribution is 7.99. The molecule has 0 saturated heterocycles. The maximum atomic E-state index is 13.0. The number of carbonyl (C=O) groups excluding carboxylic acids is 2. The molecule has 1 heterocycles. The smallest absolute Gasteiger partial charge is 0.269 e. The van der Waals surface area contributed by atoms with Crippen LogP contribution >= 0.6 is 23.5 Å². The van der Waals surface area contributed by atoms with E-state index in [4.69, 9.17) is 4.74 Å². The number of nitrogens with one attached hydrogen (secondary N) is 2. The molecule has 1 aromatic heterocycles. The molecule has 0 fully saturated rings. The molecular weight excluding hydrogens is 528 g/mol. The van der Waals surface area contributed by atoms with Gasteiger partial charge in [-0.1, -0.05) is 11.8 Å². The number of ether oxygens (including phenoxy) is 1. The van der Waals surface area contributed by atoms with Crippen molar-refractivity contribution in [3.63, 3.8) is 0 Å². The number of anilines is 1. The summed E-state index contributed by atoms with van der Waals surface area (Å²) < 4.78 is 7.06. The van der Waals surface area contributed by atoms with Crippen LogP contribution in [0.25, 0.3) is 0 Å². The number of amides is 2. The topological polar surface area (TPSA) is 141 Å². The van der Waals surface area contributed by atoms with Crippen molar-refractivity contribution in [2.75, 3.05) is 30.2 Å². The fourth-order valence-electron chi connectivity index (χ4n) is 3.67. The predicted molar refractivity (Wildman–Crippen MR) is 149 cm³/mol. The standard InChI is InChI=1S/C25H30N6O5S2/c1-5-30-23(21(12-13-37-4)27-24(33)17-6-9-19(36-3)10-7-17)28-29-25(30)38-15-22(32)26-20-11-8-18(31(34)35)14-16(20)2/h6-11,14,21H,5,12-13,15H2,1-4H3,(H,26,32)(H,27,33)/t21-/m1/s1. The number of non-ortho nitro benzene ring substituents is 1. The summed E-state index contributed by atoms with van der Waals surface area (Å²) >= 11 is 2.90. The van der Waals surface area contributed by atoms with Crippen LogP contribution in [0, 0.1) is 17.0 Å². The third kappa shape index (κ3) is 7.48. The van der Waals surface area contributed by atoms with Crippen LogP contribution < -0.4 is 15.4 Å². The SMILES string of the molecule is CCn1c(SCC(=O)Nc2ccc([N+](=O)[O-])cc2C)nnc1[C@@H](CCSC)NC(=O)c1ccc(OC)cc1. The Kier molecular flexibility index (Phi) is 10.5. The average Bonchev–Trinajstić information content (AvgIpc) is 3.33. The van der Waals surface area contributed by atoms with Gasteiger partial charge >= 0.3 is 0 Å². The predicted octanol–water partition coefficient (Wildman–Crippen LogP) is 4.48. The third-order valence-electron chi connectivity index (χ3n) is 5.67. The second kappa shape index (κ2) is 13.8. The quantitative estimate of drug-likeness (QED) is 0.176. The number of benzene rings is 2. The van der Waals surface area contributed by atoms with Crippen LogP contribution in [0.1, 0.15) is 41.1 Å². The number of methoxy groups -OCH3 is 1. The Labute approximate surface area is 229 Å². The van der Waals surface area contributed by atoms with Crippen molar-refractivity contribution in [2.24, 2.45) is 0 Å². The molecule has 2 aromatic carbocycles. The van der Waals surface area contributed by atoms with Crippen LogP contribution in [0.2, 0.25) is 0 Å². The van der Waals surface area contributed by atoms with E-state index in [0.29, 0.717) is 46.5 Å². The van der Waals surface area contributed by atoms with Crippen LogP contribution in [-0.2, 0) is 11.3 Å². The second-order valence-electron chi connectivity index (χ2n) is 8.21. The summed E-state index contributed by atoms with van der Waals surface area (Å²) in [4.78, 5) is 36.0. The zero-order chi connectivity index (χ0) is 27.7. The molecule has 13 heteroatoms. The van der Waals surface area contributed by atoms with Gasteiger partial charge in [0.2, 0.25) is 5.91 Å². The van der Waals surface area contributed by atoms with Crippen LogP contribution in [0.3, 0.4) is 0 Å². The molecule has 0 bridgehead atoms. The number of aryl methyl sites for hydroxylation is 1. The lowest BCUT2D eigenvalue weighted by atomic mass is 10.1. The Bertz CT molecular complexity index is 1280. The maximum absolute atomic E-state index is 13.0. The first-order valence-electron chi connectivity index (χ1n) is 11.8. The van der Waals surface area contributed by atoms with Gasteiger partial charge in [0.05, 0.1) is 23.8 Å². The Morgan fingerprint density at radius 2 is 1.92 bits per heavy atom. The maximum Gasteiger partial charge on any atom is 0.269 e. The van der Waals surface area contributed by atoms with Gasteiger partial charge in [-0.2, -0.15) is 11.8 Å². The number of hydrogen-bond donors (Lipinski definition) is 2. The number of hydrogen-bond acceptors (Lipinski definition) is 9. The van der Waals surface area contributed by atoms with Crippen LogP contribution in [0.15, 0.2) is 47.6 Å². The van der Waals surface area contributed by atoms with E-state index in [2.05, 4.69) is 20.8 Å². The molecule has 0 spiro atoms. The summed E-state index contributed by atoms with van der Waals surface area (Å²) in [5.41, 5.74) is 1.59. The van der Waals surface area contributed by atoms with Crippen molar-refractivity contribution in [1.82, 2.24) is 20.1 Å². The number of aromatic nitrogens is 3. The Balaban J connectivity index is 1.70. The van der Waals surface area contributed by atoms with Crippen molar-refractivity contribution < 1.29 is 19.2 Å². The van der Waals surface area contributed by atoms with E-state index >= 15 is 0 Å². The van der Waals surface area contributed by atoms with Crippen LogP contribution in [0.5, 0.6) is 5.75 Å². The minimum absolute atomic E-state index is 0.0337. The highest BCUT2D eigenvalue weighted by atomic mass is 32.2. The molecule has 0 radical (unpaired) electrons. The lowest BCUT2D eigenvalue weighted by molar-refractivity contribution is -0.384. The summed E-state index contributed by atoms with van der Waals surface area (Å²) in [6.07, 6.45) is 2.66. The first-order chi connectivity index (χ1) is 18.3. The molecule has 2 N–H and O–H groups in total.